The number of nitrogens with zero attached hydrogens (tertiary/aromatic N) is 2. The molecule has 0 bridgehead atoms. The van der Waals surface area contributed by atoms with E-state index in [0.29, 0.717) is 19.6 Å². The molecule has 1 amide bonds. The molecule has 0 aliphatic rings. The Labute approximate surface area is 178 Å². The second-order valence-corrected chi connectivity index (χ2v) is 7.50. The maximum absolute atomic E-state index is 13.4. The molecule has 0 radical (unpaired) electrons. The molecule has 1 atom stereocenters. The quantitative estimate of drug-likeness (QED) is 0.406. The lowest BCUT2D eigenvalue weighted by molar-refractivity contribution is -0.133. The normalized spacial score (nSPS) is 11.8. The summed E-state index contributed by atoms with van der Waals surface area (Å²) in [6, 6.07) is 21.9. The topological polar surface area (TPSA) is 25.2 Å². The van der Waals surface area contributed by atoms with E-state index in [0.717, 1.165) is 28.3 Å². The molecule has 0 fully saturated rings. The van der Waals surface area contributed by atoms with Crippen LogP contribution in [0.1, 0.15) is 36.1 Å². The molecule has 0 N–H and O–H groups in total. The molecule has 3 rings (SSSR count). The van der Waals surface area contributed by atoms with Gasteiger partial charge in [-0.3, -0.25) is 4.79 Å². The summed E-state index contributed by atoms with van der Waals surface area (Å²) in [7, 11) is 0. The minimum Gasteiger partial charge on any atom is -0.345 e. The van der Waals surface area contributed by atoms with Crippen LogP contribution in [0.2, 0.25) is 5.02 Å². The van der Waals surface area contributed by atoms with Crippen molar-refractivity contribution in [2.75, 3.05) is 6.54 Å². The van der Waals surface area contributed by atoms with Crippen molar-refractivity contribution in [3.8, 4) is 0 Å². The predicted octanol–water partition coefficient (Wildman–Crippen LogP) is 5.90. The second kappa shape index (κ2) is 10.1. The van der Waals surface area contributed by atoms with Gasteiger partial charge in [-0.2, -0.15) is 0 Å². The van der Waals surface area contributed by atoms with Gasteiger partial charge in [0, 0.05) is 30.0 Å². The lowest BCUT2D eigenvalue weighted by Gasteiger charge is -2.27. The molecule has 150 valence electrons. The number of aromatic nitrogens is 1. The maximum atomic E-state index is 13.4. The first-order chi connectivity index (χ1) is 14.1. The zero-order chi connectivity index (χ0) is 20.6. The molecule has 0 saturated carbocycles. The van der Waals surface area contributed by atoms with Crippen molar-refractivity contribution in [3.05, 3.63) is 107 Å². The molecule has 0 aliphatic carbocycles. The van der Waals surface area contributed by atoms with E-state index in [-0.39, 0.29) is 11.8 Å². The highest BCUT2D eigenvalue weighted by atomic mass is 35.5. The molecule has 4 heteroatoms. The van der Waals surface area contributed by atoms with Crippen molar-refractivity contribution in [3.63, 3.8) is 0 Å². The van der Waals surface area contributed by atoms with Crippen molar-refractivity contribution in [1.29, 1.82) is 0 Å². The van der Waals surface area contributed by atoms with Gasteiger partial charge in [-0.05, 0) is 35.7 Å². The van der Waals surface area contributed by atoms with Gasteiger partial charge in [0.1, 0.15) is 0 Å². The van der Waals surface area contributed by atoms with Gasteiger partial charge < -0.3 is 9.47 Å². The van der Waals surface area contributed by atoms with Crippen molar-refractivity contribution >= 4 is 17.5 Å². The molecule has 3 aromatic rings. The third-order valence-corrected chi connectivity index (χ3v) is 5.51. The number of carbonyl (C=O) groups is 1. The van der Waals surface area contributed by atoms with Gasteiger partial charge in [0.15, 0.2) is 0 Å². The molecule has 1 heterocycles. The molecular formula is C25H27ClN2O. The summed E-state index contributed by atoms with van der Waals surface area (Å²) in [5.41, 5.74) is 3.19. The fourth-order valence-corrected chi connectivity index (χ4v) is 3.80. The van der Waals surface area contributed by atoms with E-state index in [9.17, 15) is 4.79 Å². The van der Waals surface area contributed by atoms with E-state index in [1.54, 1.807) is 6.08 Å². The smallest absolute Gasteiger partial charge is 0.230 e. The largest absolute Gasteiger partial charge is 0.345 e. The Hall–Kier alpha value is -2.78. The van der Waals surface area contributed by atoms with E-state index in [1.165, 1.54) is 0 Å². The van der Waals surface area contributed by atoms with Crippen molar-refractivity contribution in [1.82, 2.24) is 9.47 Å². The van der Waals surface area contributed by atoms with Crippen LogP contribution in [-0.4, -0.2) is 21.9 Å². The van der Waals surface area contributed by atoms with Gasteiger partial charge in [0.25, 0.3) is 0 Å². The van der Waals surface area contributed by atoms with Gasteiger partial charge in [-0.25, -0.2) is 0 Å². The number of halogens is 1. The number of hydrogen-bond donors (Lipinski definition) is 0. The summed E-state index contributed by atoms with van der Waals surface area (Å²) in [5, 5.41) is 0.751. The first kappa shape index (κ1) is 20.9. The van der Waals surface area contributed by atoms with Gasteiger partial charge in [0.2, 0.25) is 5.91 Å². The third-order valence-electron chi connectivity index (χ3n) is 5.14. The van der Waals surface area contributed by atoms with E-state index in [1.807, 2.05) is 71.8 Å². The number of rotatable bonds is 9. The van der Waals surface area contributed by atoms with E-state index >= 15 is 0 Å². The van der Waals surface area contributed by atoms with E-state index in [2.05, 4.69) is 24.1 Å². The molecular weight excluding hydrogens is 380 g/mol. The van der Waals surface area contributed by atoms with E-state index in [4.69, 9.17) is 11.6 Å². The average Bonchev–Trinajstić information content (AvgIpc) is 3.17. The van der Waals surface area contributed by atoms with Crippen LogP contribution in [0.25, 0.3) is 0 Å². The van der Waals surface area contributed by atoms with Crippen molar-refractivity contribution in [2.45, 2.75) is 32.4 Å². The minimum absolute atomic E-state index is 0.129. The minimum atomic E-state index is -0.150. The highest BCUT2D eigenvalue weighted by Crippen LogP contribution is 2.24. The van der Waals surface area contributed by atoms with Gasteiger partial charge in [-0.1, -0.05) is 73.1 Å². The number of hydrogen-bond acceptors (Lipinski definition) is 1. The molecule has 1 aromatic heterocycles. The summed E-state index contributed by atoms with van der Waals surface area (Å²) in [6.07, 6.45) is 4.58. The SMILES string of the molecule is C=CCN(Cc1cccn1Cc1ccccc1Cl)C(=O)[C@@H](CC)c1ccccc1. The second-order valence-electron chi connectivity index (χ2n) is 7.10. The average molecular weight is 407 g/mol. The van der Waals surface area contributed by atoms with Crippen LogP contribution in [0.3, 0.4) is 0 Å². The molecule has 0 unspecified atom stereocenters. The first-order valence-corrected chi connectivity index (χ1v) is 10.3. The Bertz CT molecular complexity index is 948. The summed E-state index contributed by atoms with van der Waals surface area (Å²) in [4.78, 5) is 15.2. The van der Waals surface area contributed by atoms with Crippen LogP contribution in [0.4, 0.5) is 0 Å². The standard InChI is InChI=1S/C25H27ClN2O/c1-3-16-28(25(29)23(4-2)20-11-6-5-7-12-20)19-22-14-10-17-27(22)18-21-13-8-9-15-24(21)26/h3,5-15,17,23H,1,4,16,18-19H2,2H3/t23-/m0/s1. The number of amides is 1. The van der Waals surface area contributed by atoms with Crippen LogP contribution in [0.15, 0.2) is 85.6 Å². The summed E-state index contributed by atoms with van der Waals surface area (Å²) < 4.78 is 2.15. The number of carbonyl (C=O) groups excluding carboxylic acids is 1. The van der Waals surface area contributed by atoms with E-state index < -0.39 is 0 Å². The number of benzene rings is 2. The molecule has 3 nitrogen and oxygen atoms in total. The van der Waals surface area contributed by atoms with Crippen molar-refractivity contribution < 1.29 is 4.79 Å². The Balaban J connectivity index is 1.81. The Morgan fingerprint density at radius 3 is 2.52 bits per heavy atom. The fraction of sp³-hybridized carbons (Fsp3) is 0.240. The molecule has 0 spiro atoms. The fourth-order valence-electron chi connectivity index (χ4n) is 3.60. The Morgan fingerprint density at radius 2 is 1.83 bits per heavy atom. The third kappa shape index (κ3) is 5.18. The van der Waals surface area contributed by atoms with Crippen LogP contribution >= 0.6 is 11.6 Å². The highest BCUT2D eigenvalue weighted by Gasteiger charge is 2.24. The summed E-state index contributed by atoms with van der Waals surface area (Å²) >= 11 is 6.34. The lowest BCUT2D eigenvalue weighted by atomic mass is 9.95. The molecule has 0 saturated heterocycles. The summed E-state index contributed by atoms with van der Waals surface area (Å²) in [6.45, 7) is 7.63. The van der Waals surface area contributed by atoms with Crippen LogP contribution in [-0.2, 0) is 17.9 Å². The molecule has 2 aromatic carbocycles. The van der Waals surface area contributed by atoms with Gasteiger partial charge in [-0.15, -0.1) is 6.58 Å². The predicted molar refractivity (Wildman–Crippen MR) is 120 cm³/mol. The monoisotopic (exact) mass is 406 g/mol. The lowest BCUT2D eigenvalue weighted by Crippen LogP contribution is -2.35. The summed E-state index contributed by atoms with van der Waals surface area (Å²) in [5.74, 6) is -0.0211. The van der Waals surface area contributed by atoms with Crippen LogP contribution in [0, 0.1) is 0 Å². The maximum Gasteiger partial charge on any atom is 0.230 e. The molecule has 0 aliphatic heterocycles. The Kier molecular flexibility index (Phi) is 7.31. The van der Waals surface area contributed by atoms with Crippen LogP contribution in [0.5, 0.6) is 0 Å². The first-order valence-electron chi connectivity index (χ1n) is 9.96. The molecule has 29 heavy (non-hydrogen) atoms. The highest BCUT2D eigenvalue weighted by molar-refractivity contribution is 6.31. The van der Waals surface area contributed by atoms with Gasteiger partial charge >= 0.3 is 0 Å². The zero-order valence-electron chi connectivity index (χ0n) is 16.8. The van der Waals surface area contributed by atoms with Crippen molar-refractivity contribution in [2.24, 2.45) is 0 Å². The van der Waals surface area contributed by atoms with Gasteiger partial charge in [0.05, 0.1) is 12.5 Å². The Morgan fingerprint density at radius 1 is 1.10 bits per heavy atom. The zero-order valence-corrected chi connectivity index (χ0v) is 17.6. The van der Waals surface area contributed by atoms with Crippen LogP contribution < -0.4 is 0 Å².